The van der Waals surface area contributed by atoms with Gasteiger partial charge >= 0.3 is 5.97 Å². The molecule has 0 aliphatic carbocycles. The Kier molecular flexibility index (Phi) is 5.35. The fraction of sp³-hybridized carbons (Fsp3) is 0.529. The van der Waals surface area contributed by atoms with Crippen LogP contribution >= 0.6 is 0 Å². The van der Waals surface area contributed by atoms with Crippen LogP contribution in [-0.2, 0) is 4.79 Å². The molecule has 0 spiro atoms. The van der Waals surface area contributed by atoms with Crippen molar-refractivity contribution < 1.29 is 9.90 Å². The highest BCUT2D eigenvalue weighted by molar-refractivity contribution is 5.66. The first kappa shape index (κ1) is 15.5. The molecule has 2 rings (SSSR count). The molecule has 1 aliphatic heterocycles. The average molecular weight is 286 g/mol. The number of aliphatic carboxylic acids is 1. The molecule has 112 valence electrons. The standard InChI is InChI=1S/C17H22N2O2/c1-13(16-7-4-14(11-18)5-8-16)19-10-2-3-15(12-19)6-9-17(20)21/h4-5,7-8,13,15H,2-3,6,9-10,12H2,1H3,(H,20,21). The third-order valence-electron chi connectivity index (χ3n) is 4.39. The van der Waals surface area contributed by atoms with Crippen molar-refractivity contribution in [1.82, 2.24) is 4.90 Å². The number of nitrogens with zero attached hydrogens (tertiary/aromatic N) is 2. The smallest absolute Gasteiger partial charge is 0.303 e. The van der Waals surface area contributed by atoms with E-state index in [1.165, 1.54) is 5.56 Å². The number of hydrogen-bond donors (Lipinski definition) is 1. The molecule has 0 amide bonds. The largest absolute Gasteiger partial charge is 0.481 e. The second kappa shape index (κ2) is 7.24. The highest BCUT2D eigenvalue weighted by atomic mass is 16.4. The molecule has 1 fully saturated rings. The molecule has 2 atom stereocenters. The van der Waals surface area contributed by atoms with Crippen LogP contribution in [0.1, 0.15) is 49.8 Å². The van der Waals surface area contributed by atoms with Gasteiger partial charge in [0.2, 0.25) is 0 Å². The lowest BCUT2D eigenvalue weighted by Gasteiger charge is -2.37. The van der Waals surface area contributed by atoms with E-state index < -0.39 is 5.97 Å². The molecule has 1 aromatic rings. The van der Waals surface area contributed by atoms with Crippen LogP contribution in [0.3, 0.4) is 0 Å². The minimum Gasteiger partial charge on any atom is -0.481 e. The SMILES string of the molecule is CC(c1ccc(C#N)cc1)N1CCCC(CCC(=O)O)C1. The van der Waals surface area contributed by atoms with E-state index in [0.717, 1.165) is 32.4 Å². The number of carboxylic acids is 1. The lowest BCUT2D eigenvalue weighted by molar-refractivity contribution is -0.137. The first-order valence-corrected chi connectivity index (χ1v) is 7.56. The van der Waals surface area contributed by atoms with E-state index in [0.29, 0.717) is 17.5 Å². The highest BCUT2D eigenvalue weighted by Crippen LogP contribution is 2.28. The van der Waals surface area contributed by atoms with E-state index in [9.17, 15) is 4.79 Å². The maximum Gasteiger partial charge on any atom is 0.303 e. The van der Waals surface area contributed by atoms with Gasteiger partial charge in [0.25, 0.3) is 0 Å². The van der Waals surface area contributed by atoms with Crippen molar-refractivity contribution in [2.45, 2.75) is 38.6 Å². The maximum atomic E-state index is 10.7. The molecule has 2 unspecified atom stereocenters. The van der Waals surface area contributed by atoms with Gasteiger partial charge in [-0.2, -0.15) is 5.26 Å². The Bertz CT molecular complexity index is 519. The Morgan fingerprint density at radius 1 is 1.48 bits per heavy atom. The van der Waals surface area contributed by atoms with Crippen molar-refractivity contribution >= 4 is 5.97 Å². The topological polar surface area (TPSA) is 64.3 Å². The van der Waals surface area contributed by atoms with Crippen LogP contribution in [0.5, 0.6) is 0 Å². The van der Waals surface area contributed by atoms with E-state index in [1.807, 2.05) is 24.3 Å². The molecule has 1 aliphatic rings. The van der Waals surface area contributed by atoms with Gasteiger partial charge in [0.15, 0.2) is 0 Å². The monoisotopic (exact) mass is 286 g/mol. The fourth-order valence-corrected chi connectivity index (χ4v) is 3.06. The third kappa shape index (κ3) is 4.30. The summed E-state index contributed by atoms with van der Waals surface area (Å²) >= 11 is 0. The first-order chi connectivity index (χ1) is 10.1. The zero-order chi connectivity index (χ0) is 15.2. The van der Waals surface area contributed by atoms with Gasteiger partial charge in [0.1, 0.15) is 0 Å². The van der Waals surface area contributed by atoms with Gasteiger partial charge in [-0.15, -0.1) is 0 Å². The summed E-state index contributed by atoms with van der Waals surface area (Å²) in [6.45, 7) is 4.21. The molecule has 1 N–H and O–H groups in total. The van der Waals surface area contributed by atoms with E-state index in [1.54, 1.807) is 0 Å². The Morgan fingerprint density at radius 2 is 2.19 bits per heavy atom. The van der Waals surface area contributed by atoms with E-state index in [-0.39, 0.29) is 6.42 Å². The molecule has 21 heavy (non-hydrogen) atoms. The predicted molar refractivity (Wildman–Crippen MR) is 80.7 cm³/mol. The summed E-state index contributed by atoms with van der Waals surface area (Å²) in [5, 5.41) is 17.7. The van der Waals surface area contributed by atoms with Crippen LogP contribution < -0.4 is 0 Å². The van der Waals surface area contributed by atoms with Crippen molar-refractivity contribution in [2.75, 3.05) is 13.1 Å². The average Bonchev–Trinajstić information content (AvgIpc) is 2.52. The first-order valence-electron chi connectivity index (χ1n) is 7.56. The van der Waals surface area contributed by atoms with Crippen LogP contribution in [0.15, 0.2) is 24.3 Å². The molecular formula is C17H22N2O2. The highest BCUT2D eigenvalue weighted by Gasteiger charge is 2.24. The van der Waals surface area contributed by atoms with Gasteiger partial charge in [0, 0.05) is 19.0 Å². The number of benzene rings is 1. The van der Waals surface area contributed by atoms with E-state index in [4.69, 9.17) is 10.4 Å². The second-order valence-electron chi connectivity index (χ2n) is 5.85. The number of hydrogen-bond acceptors (Lipinski definition) is 3. The molecule has 0 bridgehead atoms. The zero-order valence-corrected chi connectivity index (χ0v) is 12.5. The molecule has 4 heteroatoms. The summed E-state index contributed by atoms with van der Waals surface area (Å²) in [6, 6.07) is 10.2. The Morgan fingerprint density at radius 3 is 2.81 bits per heavy atom. The maximum absolute atomic E-state index is 10.7. The summed E-state index contributed by atoms with van der Waals surface area (Å²) in [7, 11) is 0. The summed E-state index contributed by atoms with van der Waals surface area (Å²) in [6.07, 6.45) is 3.30. The van der Waals surface area contributed by atoms with E-state index >= 15 is 0 Å². The minimum atomic E-state index is -0.702. The van der Waals surface area contributed by atoms with Gasteiger partial charge in [-0.1, -0.05) is 12.1 Å². The number of likely N-dealkylation sites (tertiary alicyclic amines) is 1. The van der Waals surface area contributed by atoms with Crippen molar-refractivity contribution in [3.63, 3.8) is 0 Å². The van der Waals surface area contributed by atoms with Gasteiger partial charge in [-0.05, 0) is 56.3 Å². The summed E-state index contributed by atoms with van der Waals surface area (Å²) in [5.41, 5.74) is 1.90. The van der Waals surface area contributed by atoms with Crippen molar-refractivity contribution in [2.24, 2.45) is 5.92 Å². The molecular weight excluding hydrogens is 264 g/mol. The lowest BCUT2D eigenvalue weighted by Crippen LogP contribution is -2.37. The normalized spacial score (nSPS) is 20.7. The summed E-state index contributed by atoms with van der Waals surface area (Å²) in [4.78, 5) is 13.1. The van der Waals surface area contributed by atoms with E-state index in [2.05, 4.69) is 17.9 Å². The van der Waals surface area contributed by atoms with Crippen LogP contribution in [0, 0.1) is 17.2 Å². The van der Waals surface area contributed by atoms with Crippen molar-refractivity contribution in [3.05, 3.63) is 35.4 Å². The van der Waals surface area contributed by atoms with Gasteiger partial charge in [-0.25, -0.2) is 0 Å². The van der Waals surface area contributed by atoms with Crippen LogP contribution in [-0.4, -0.2) is 29.1 Å². The lowest BCUT2D eigenvalue weighted by atomic mass is 9.91. The molecule has 1 saturated heterocycles. The Labute approximate surface area is 126 Å². The van der Waals surface area contributed by atoms with Crippen LogP contribution in [0.4, 0.5) is 0 Å². The predicted octanol–water partition coefficient (Wildman–Crippen LogP) is 3.20. The number of nitriles is 1. The second-order valence-corrected chi connectivity index (χ2v) is 5.85. The third-order valence-corrected chi connectivity index (χ3v) is 4.39. The molecule has 0 aromatic heterocycles. The van der Waals surface area contributed by atoms with Crippen LogP contribution in [0.2, 0.25) is 0 Å². The zero-order valence-electron chi connectivity index (χ0n) is 12.5. The molecule has 4 nitrogen and oxygen atoms in total. The summed E-state index contributed by atoms with van der Waals surface area (Å²) in [5.74, 6) is -0.219. The van der Waals surface area contributed by atoms with Crippen LogP contribution in [0.25, 0.3) is 0 Å². The molecule has 1 aromatic carbocycles. The van der Waals surface area contributed by atoms with Gasteiger partial charge < -0.3 is 5.11 Å². The molecule has 0 radical (unpaired) electrons. The Balaban J connectivity index is 1.96. The summed E-state index contributed by atoms with van der Waals surface area (Å²) < 4.78 is 0. The van der Waals surface area contributed by atoms with Crippen molar-refractivity contribution in [1.29, 1.82) is 5.26 Å². The number of carboxylic acid groups (broad SMARTS) is 1. The number of carbonyl (C=O) groups is 1. The van der Waals surface area contributed by atoms with Gasteiger partial charge in [0.05, 0.1) is 11.6 Å². The quantitative estimate of drug-likeness (QED) is 0.902. The van der Waals surface area contributed by atoms with Gasteiger partial charge in [-0.3, -0.25) is 9.69 Å². The molecule has 1 heterocycles. The minimum absolute atomic E-state index is 0.268. The fourth-order valence-electron chi connectivity index (χ4n) is 3.06. The molecule has 0 saturated carbocycles. The van der Waals surface area contributed by atoms with Crippen molar-refractivity contribution in [3.8, 4) is 6.07 Å². The number of rotatable bonds is 5. The Hall–Kier alpha value is -1.86. The number of piperidine rings is 1.